The average molecular weight is 615 g/mol. The number of likely N-dealkylation sites (N-methyl/N-ethyl adjacent to an activating group) is 1. The zero-order valence-corrected chi connectivity index (χ0v) is 24.4. The highest BCUT2D eigenvalue weighted by Crippen LogP contribution is 2.56. The Kier molecular flexibility index (Phi) is 9.60. The Morgan fingerprint density at radius 2 is 1.66 bits per heavy atom. The summed E-state index contributed by atoms with van der Waals surface area (Å²) in [6.07, 6.45) is 1.23. The normalized spacial score (nSPS) is 16.5. The monoisotopic (exact) mass is 614 g/mol. The number of aliphatic hydroxyl groups excluding tert-OH is 1. The van der Waals surface area contributed by atoms with Crippen molar-refractivity contribution in [2.45, 2.75) is 11.8 Å². The molecule has 1 aromatic heterocycles. The summed E-state index contributed by atoms with van der Waals surface area (Å²) >= 11 is 1.30. The van der Waals surface area contributed by atoms with Crippen molar-refractivity contribution >= 4 is 35.3 Å². The third kappa shape index (κ3) is 6.09. The minimum Gasteiger partial charge on any atom is -0.496 e. The molecule has 0 radical (unpaired) electrons. The van der Waals surface area contributed by atoms with Gasteiger partial charge >= 0.3 is 6.18 Å². The summed E-state index contributed by atoms with van der Waals surface area (Å²) in [5.74, 6) is -0.0876. The molecule has 3 aromatic rings. The number of anilines is 1. The summed E-state index contributed by atoms with van der Waals surface area (Å²) in [6, 6.07) is 20.7. The van der Waals surface area contributed by atoms with Crippen LogP contribution in [0.4, 0.5) is 18.9 Å². The Hall–Kier alpha value is -5.28. The topological polar surface area (TPSA) is 113 Å². The number of aliphatic hydroxyl groups is 1. The van der Waals surface area contributed by atoms with Gasteiger partial charge in [-0.3, -0.25) is 0 Å². The average Bonchev–Trinajstić information content (AvgIpc) is 3.62. The molecule has 4 rings (SSSR count). The molecule has 44 heavy (non-hydrogen) atoms. The number of hydrogen-bond donors (Lipinski definition) is 1. The molecule has 222 valence electrons. The number of nitrogens with zero attached hydrogens (tertiary/aromatic N) is 4. The maximum atomic E-state index is 14.9. The molecule has 0 fully saturated rings. The minimum atomic E-state index is -5.06. The van der Waals surface area contributed by atoms with Crippen molar-refractivity contribution in [2.75, 3.05) is 32.2 Å². The molecule has 1 aliphatic rings. The highest BCUT2D eigenvalue weighted by atomic mass is 32.1. The van der Waals surface area contributed by atoms with Crippen LogP contribution in [0.15, 0.2) is 89.2 Å². The van der Waals surface area contributed by atoms with E-state index in [-0.39, 0.29) is 12.2 Å². The molecule has 1 aliphatic heterocycles. The van der Waals surface area contributed by atoms with E-state index in [1.807, 2.05) is 42.3 Å². The van der Waals surface area contributed by atoms with Gasteiger partial charge in [0.15, 0.2) is 11.3 Å². The lowest BCUT2D eigenvalue weighted by Crippen LogP contribution is -2.43. The van der Waals surface area contributed by atoms with Crippen LogP contribution in [0.25, 0.3) is 18.2 Å². The number of rotatable bonds is 9. The molecule has 1 atom stereocenters. The zero-order valence-electron chi connectivity index (χ0n) is 23.6. The molecular weight excluding hydrogens is 589 g/mol. The number of halogens is 3. The largest absolute Gasteiger partial charge is 0.496 e. The number of methoxy groups -OCH3 is 1. The van der Waals surface area contributed by atoms with E-state index in [2.05, 4.69) is 0 Å². The van der Waals surface area contributed by atoms with E-state index in [9.17, 15) is 34.1 Å². The lowest BCUT2D eigenvalue weighted by Gasteiger charge is -2.33. The number of hydrogen-bond acceptors (Lipinski definition) is 8. The Morgan fingerprint density at radius 1 is 1.00 bits per heavy atom. The lowest BCUT2D eigenvalue weighted by atomic mass is 9.84. The Balaban J connectivity index is 1.73. The van der Waals surface area contributed by atoms with Gasteiger partial charge in [0.2, 0.25) is 0 Å². The summed E-state index contributed by atoms with van der Waals surface area (Å²) in [6.45, 7) is 0.480. The van der Waals surface area contributed by atoms with Gasteiger partial charge < -0.3 is 19.5 Å². The van der Waals surface area contributed by atoms with Crippen molar-refractivity contribution in [1.29, 1.82) is 15.8 Å². The lowest BCUT2D eigenvalue weighted by molar-refractivity contribution is -0.249. The third-order valence-corrected chi connectivity index (χ3v) is 7.87. The van der Waals surface area contributed by atoms with Crippen molar-refractivity contribution < 1.29 is 27.8 Å². The first-order valence-corrected chi connectivity index (χ1v) is 13.9. The molecular formula is C33H25F3N4O3S. The molecule has 0 bridgehead atoms. The number of benzene rings is 2. The van der Waals surface area contributed by atoms with Gasteiger partial charge in [0.05, 0.1) is 13.7 Å². The van der Waals surface area contributed by atoms with E-state index < -0.39 is 34.3 Å². The first-order chi connectivity index (χ1) is 21.1. The van der Waals surface area contributed by atoms with Gasteiger partial charge in [-0.15, -0.1) is 11.3 Å². The Morgan fingerprint density at radius 3 is 2.23 bits per heavy atom. The van der Waals surface area contributed by atoms with E-state index >= 15 is 0 Å². The van der Waals surface area contributed by atoms with Crippen LogP contribution in [0.3, 0.4) is 0 Å². The van der Waals surface area contributed by atoms with E-state index in [1.54, 1.807) is 31.4 Å². The quantitative estimate of drug-likeness (QED) is 0.259. The van der Waals surface area contributed by atoms with Crippen molar-refractivity contribution in [2.24, 2.45) is 0 Å². The van der Waals surface area contributed by atoms with E-state index in [0.717, 1.165) is 22.2 Å². The van der Waals surface area contributed by atoms with E-state index in [1.165, 1.54) is 53.8 Å². The van der Waals surface area contributed by atoms with Crippen molar-refractivity contribution in [3.63, 3.8) is 0 Å². The smallest absolute Gasteiger partial charge is 0.437 e. The summed E-state index contributed by atoms with van der Waals surface area (Å²) in [5, 5.41) is 37.9. The van der Waals surface area contributed by atoms with Gasteiger partial charge in [-0.1, -0.05) is 36.4 Å². The number of allylic oxidation sites excluding steroid dienone is 2. The second-order valence-corrected chi connectivity index (χ2v) is 10.6. The molecule has 0 aliphatic carbocycles. The molecule has 0 amide bonds. The van der Waals surface area contributed by atoms with Crippen molar-refractivity contribution in [3.05, 3.63) is 110 Å². The number of alkyl halides is 3. The van der Waals surface area contributed by atoms with Crippen LogP contribution in [-0.2, 0) is 10.3 Å². The molecule has 2 heterocycles. The van der Waals surface area contributed by atoms with Crippen LogP contribution in [0, 0.1) is 34.0 Å². The van der Waals surface area contributed by atoms with E-state index in [4.69, 9.17) is 9.47 Å². The summed E-state index contributed by atoms with van der Waals surface area (Å²) < 4.78 is 55.8. The van der Waals surface area contributed by atoms with Gasteiger partial charge in [-0.05, 0) is 42.5 Å². The number of ether oxygens (including phenoxy) is 2. The predicted molar refractivity (Wildman–Crippen MR) is 162 cm³/mol. The molecule has 0 saturated carbocycles. The second kappa shape index (κ2) is 13.4. The van der Waals surface area contributed by atoms with Crippen LogP contribution >= 0.6 is 11.3 Å². The molecule has 1 N–H and O–H groups in total. The first kappa shape index (κ1) is 31.7. The summed E-state index contributed by atoms with van der Waals surface area (Å²) in [4.78, 5) is 3.28. The fourth-order valence-electron chi connectivity index (χ4n) is 4.67. The molecule has 1 unspecified atom stereocenters. The molecule has 7 nitrogen and oxygen atoms in total. The third-order valence-electron chi connectivity index (χ3n) is 6.86. The van der Waals surface area contributed by atoms with Crippen LogP contribution in [0.5, 0.6) is 5.75 Å². The second-order valence-electron chi connectivity index (χ2n) is 9.45. The highest BCUT2D eigenvalue weighted by molar-refractivity contribution is 7.13. The van der Waals surface area contributed by atoms with Crippen molar-refractivity contribution in [3.8, 4) is 24.0 Å². The molecule has 2 aromatic carbocycles. The van der Waals surface area contributed by atoms with Crippen LogP contribution < -0.4 is 9.64 Å². The minimum absolute atomic E-state index is 0.0137. The molecule has 0 spiro atoms. The highest BCUT2D eigenvalue weighted by Gasteiger charge is 2.65. The predicted octanol–water partition coefficient (Wildman–Crippen LogP) is 6.98. The number of thiophene rings is 1. The SMILES string of the molecule is COc1cc(N(C)CCO)ccc1C=Cc1ccc(C=CC2=C(C#N)C(=C(C#N)C#N)OC2(c2ccccc2)C(F)(F)F)s1. The maximum absolute atomic E-state index is 14.9. The standard InChI is InChI=1S/C33H25F3N4O3S/c1-40(16-17-41)25-10-8-22(30(18-25)42-2)9-11-26-12-13-27(44-26)14-15-29-28(21-39)31(23(19-37)20-38)43-32(29,33(34,35)36)24-6-4-3-5-7-24/h3-15,18,41H,16-17H2,1-2H3. The van der Waals surface area contributed by atoms with Gasteiger partial charge in [-0.2, -0.15) is 29.0 Å². The fourth-order valence-corrected chi connectivity index (χ4v) is 5.49. The van der Waals surface area contributed by atoms with Crippen LogP contribution in [0.2, 0.25) is 0 Å². The summed E-state index contributed by atoms with van der Waals surface area (Å²) in [7, 11) is 3.41. The van der Waals surface area contributed by atoms with E-state index in [0.29, 0.717) is 17.2 Å². The van der Waals surface area contributed by atoms with Gasteiger partial charge in [0.25, 0.3) is 5.60 Å². The fraction of sp³-hybridized carbons (Fsp3) is 0.182. The number of nitriles is 3. The Bertz CT molecular complexity index is 1770. The van der Waals surface area contributed by atoms with Crippen molar-refractivity contribution in [1.82, 2.24) is 0 Å². The zero-order chi connectivity index (χ0) is 31.9. The molecule has 11 heteroatoms. The van der Waals surface area contributed by atoms with Gasteiger partial charge in [-0.25, -0.2) is 0 Å². The van der Waals surface area contributed by atoms with Gasteiger partial charge in [0, 0.05) is 51.8 Å². The molecule has 0 saturated heterocycles. The first-order valence-electron chi connectivity index (χ1n) is 13.1. The maximum Gasteiger partial charge on any atom is 0.437 e. The van der Waals surface area contributed by atoms with Crippen LogP contribution in [0.1, 0.15) is 20.9 Å². The Labute approximate surface area is 256 Å². The van der Waals surface area contributed by atoms with Crippen LogP contribution in [-0.4, -0.2) is 38.6 Å². The van der Waals surface area contributed by atoms with Gasteiger partial charge in [0.1, 0.15) is 29.5 Å². The summed E-state index contributed by atoms with van der Waals surface area (Å²) in [5.41, 5.74) is -3.55.